The number of rotatable bonds is 5. The van der Waals surface area contributed by atoms with Gasteiger partial charge in [-0.3, -0.25) is 14.8 Å². The highest BCUT2D eigenvalue weighted by Crippen LogP contribution is 2.23. The van der Waals surface area contributed by atoms with Crippen molar-refractivity contribution in [3.05, 3.63) is 59.8 Å². The van der Waals surface area contributed by atoms with Crippen LogP contribution in [0.5, 0.6) is 5.75 Å². The number of aromatic amines is 1. The first-order chi connectivity index (χ1) is 13.6. The number of piperazine rings is 1. The molecule has 0 atom stereocenters. The molecule has 1 N–H and O–H groups in total. The minimum atomic E-state index is -2.96. The summed E-state index contributed by atoms with van der Waals surface area (Å²) in [6.45, 7) is 0.317. The van der Waals surface area contributed by atoms with Gasteiger partial charge in [0.05, 0.1) is 17.3 Å². The first-order valence-electron chi connectivity index (χ1n) is 9.07. The highest BCUT2D eigenvalue weighted by Gasteiger charge is 2.25. The van der Waals surface area contributed by atoms with E-state index in [0.29, 0.717) is 26.2 Å². The molecule has 1 aliphatic rings. The molecule has 0 bridgehead atoms. The number of carbonyl (C=O) groups excluding carboxylic acids is 1. The zero-order valence-corrected chi connectivity index (χ0v) is 15.1. The molecule has 1 amide bonds. The molecule has 0 unspecified atom stereocenters. The number of nitrogens with zero attached hydrogens (tertiary/aromatic N) is 3. The number of benzene rings is 2. The molecule has 0 spiro atoms. The Bertz CT molecular complexity index is 968. The highest BCUT2D eigenvalue weighted by molar-refractivity contribution is 5.97. The Kier molecular flexibility index (Phi) is 5.21. The average Bonchev–Trinajstić information content (AvgIpc) is 3.16. The van der Waals surface area contributed by atoms with Crippen LogP contribution in [-0.2, 0) is 6.54 Å². The van der Waals surface area contributed by atoms with Crippen LogP contribution in [0.25, 0.3) is 10.9 Å². The Morgan fingerprint density at radius 1 is 1.14 bits per heavy atom. The zero-order valence-electron chi connectivity index (χ0n) is 15.1. The molecule has 3 aromatic rings. The van der Waals surface area contributed by atoms with Gasteiger partial charge in [-0.25, -0.2) is 0 Å². The van der Waals surface area contributed by atoms with Gasteiger partial charge in [0.1, 0.15) is 5.75 Å². The predicted molar refractivity (Wildman–Crippen MR) is 100 cm³/mol. The summed E-state index contributed by atoms with van der Waals surface area (Å²) in [6, 6.07) is 12.3. The third kappa shape index (κ3) is 3.96. The Hall–Kier alpha value is -3.00. The van der Waals surface area contributed by atoms with Gasteiger partial charge in [-0.2, -0.15) is 13.9 Å². The van der Waals surface area contributed by atoms with Gasteiger partial charge in [0, 0.05) is 38.1 Å². The molecule has 1 saturated heterocycles. The van der Waals surface area contributed by atoms with Gasteiger partial charge >= 0.3 is 6.61 Å². The van der Waals surface area contributed by atoms with Crippen molar-refractivity contribution in [2.75, 3.05) is 26.2 Å². The van der Waals surface area contributed by atoms with Crippen LogP contribution in [-0.4, -0.2) is 58.7 Å². The van der Waals surface area contributed by atoms with E-state index in [0.717, 1.165) is 17.4 Å². The smallest absolute Gasteiger partial charge is 0.387 e. The van der Waals surface area contributed by atoms with Crippen LogP contribution in [0.2, 0.25) is 0 Å². The summed E-state index contributed by atoms with van der Waals surface area (Å²) < 4.78 is 29.6. The quantitative estimate of drug-likeness (QED) is 0.732. The zero-order chi connectivity index (χ0) is 19.5. The summed E-state index contributed by atoms with van der Waals surface area (Å²) in [5.74, 6) is -0.368. The van der Waals surface area contributed by atoms with Gasteiger partial charge in [0.15, 0.2) is 0 Å². The second kappa shape index (κ2) is 7.93. The van der Waals surface area contributed by atoms with Gasteiger partial charge < -0.3 is 9.64 Å². The van der Waals surface area contributed by atoms with Crippen molar-refractivity contribution in [2.45, 2.75) is 13.2 Å². The van der Waals surface area contributed by atoms with Crippen molar-refractivity contribution in [1.29, 1.82) is 0 Å². The molecule has 2 aromatic carbocycles. The number of ether oxygens (including phenoxy) is 1. The SMILES string of the molecule is O=C(c1ccccc1OC(F)F)N1CCN(Cc2ccc3cn[nH]c3c2)CC1. The third-order valence-electron chi connectivity index (χ3n) is 4.91. The van der Waals surface area contributed by atoms with Crippen molar-refractivity contribution in [2.24, 2.45) is 0 Å². The molecule has 6 nitrogen and oxygen atoms in total. The number of alkyl halides is 2. The molecule has 1 aromatic heterocycles. The lowest BCUT2D eigenvalue weighted by atomic mass is 10.1. The number of carbonyl (C=O) groups is 1. The van der Waals surface area contributed by atoms with Crippen molar-refractivity contribution in [1.82, 2.24) is 20.0 Å². The molecule has 0 saturated carbocycles. The van der Waals surface area contributed by atoms with Crippen LogP contribution in [0, 0.1) is 0 Å². The summed E-state index contributed by atoms with van der Waals surface area (Å²) in [5.41, 5.74) is 2.34. The van der Waals surface area contributed by atoms with Gasteiger partial charge in [-0.05, 0) is 23.8 Å². The Balaban J connectivity index is 1.38. The maximum Gasteiger partial charge on any atom is 0.387 e. The molecule has 2 heterocycles. The minimum Gasteiger partial charge on any atom is -0.434 e. The van der Waals surface area contributed by atoms with Crippen LogP contribution in [0.3, 0.4) is 0 Å². The number of para-hydroxylation sites is 1. The molecule has 8 heteroatoms. The number of aromatic nitrogens is 2. The molecule has 146 valence electrons. The van der Waals surface area contributed by atoms with E-state index in [2.05, 4.69) is 32.0 Å². The fourth-order valence-electron chi connectivity index (χ4n) is 3.46. The summed E-state index contributed by atoms with van der Waals surface area (Å²) >= 11 is 0. The van der Waals surface area contributed by atoms with Crippen LogP contribution >= 0.6 is 0 Å². The number of fused-ring (bicyclic) bond motifs is 1. The van der Waals surface area contributed by atoms with E-state index in [1.54, 1.807) is 23.2 Å². The van der Waals surface area contributed by atoms with E-state index in [1.165, 1.54) is 17.7 Å². The monoisotopic (exact) mass is 386 g/mol. The van der Waals surface area contributed by atoms with Gasteiger partial charge in [0.2, 0.25) is 0 Å². The maximum atomic E-state index is 12.8. The largest absolute Gasteiger partial charge is 0.434 e. The van der Waals surface area contributed by atoms with Crippen molar-refractivity contribution >= 4 is 16.8 Å². The fourth-order valence-corrected chi connectivity index (χ4v) is 3.46. The molecule has 4 rings (SSSR count). The van der Waals surface area contributed by atoms with Gasteiger partial charge in [0.25, 0.3) is 5.91 Å². The van der Waals surface area contributed by atoms with Crippen LogP contribution in [0.4, 0.5) is 8.78 Å². The summed E-state index contributed by atoms with van der Waals surface area (Å²) in [7, 11) is 0. The first kappa shape index (κ1) is 18.4. The molecule has 0 aliphatic carbocycles. The molecular weight excluding hydrogens is 366 g/mol. The van der Waals surface area contributed by atoms with E-state index >= 15 is 0 Å². The number of hydrogen-bond acceptors (Lipinski definition) is 4. The normalized spacial score (nSPS) is 15.3. The molecule has 1 fully saturated rings. The number of amides is 1. The van der Waals surface area contributed by atoms with E-state index < -0.39 is 6.61 Å². The Morgan fingerprint density at radius 2 is 1.93 bits per heavy atom. The van der Waals surface area contributed by atoms with Gasteiger partial charge in [-0.1, -0.05) is 24.3 Å². The number of hydrogen-bond donors (Lipinski definition) is 1. The second-order valence-electron chi connectivity index (χ2n) is 6.73. The Morgan fingerprint density at radius 3 is 2.71 bits per heavy atom. The first-order valence-corrected chi connectivity index (χ1v) is 9.07. The van der Waals surface area contributed by atoms with Crippen molar-refractivity contribution in [3.8, 4) is 5.75 Å². The number of halogens is 2. The lowest BCUT2D eigenvalue weighted by molar-refractivity contribution is -0.0503. The predicted octanol–water partition coefficient (Wildman–Crippen LogP) is 3.12. The molecular formula is C20H20F2N4O2. The summed E-state index contributed by atoms with van der Waals surface area (Å²) in [4.78, 5) is 16.7. The van der Waals surface area contributed by atoms with Crippen LogP contribution < -0.4 is 4.74 Å². The second-order valence-corrected chi connectivity index (χ2v) is 6.73. The standard InChI is InChI=1S/C20H20F2N4O2/c21-20(22)28-18-4-2-1-3-16(18)19(27)26-9-7-25(8-10-26)13-14-5-6-15-12-23-24-17(15)11-14/h1-6,11-12,20H,7-10,13H2,(H,23,24). The molecule has 1 aliphatic heterocycles. The van der Waals surface area contributed by atoms with Gasteiger partial charge in [-0.15, -0.1) is 0 Å². The number of H-pyrrole nitrogens is 1. The minimum absolute atomic E-state index is 0.0854. The fraction of sp³-hybridized carbons (Fsp3) is 0.300. The lowest BCUT2D eigenvalue weighted by Crippen LogP contribution is -2.48. The van der Waals surface area contributed by atoms with Crippen LogP contribution in [0.1, 0.15) is 15.9 Å². The lowest BCUT2D eigenvalue weighted by Gasteiger charge is -2.35. The van der Waals surface area contributed by atoms with E-state index in [4.69, 9.17) is 0 Å². The molecule has 0 radical (unpaired) electrons. The highest BCUT2D eigenvalue weighted by atomic mass is 19.3. The topological polar surface area (TPSA) is 61.5 Å². The van der Waals surface area contributed by atoms with E-state index in [9.17, 15) is 13.6 Å². The maximum absolute atomic E-state index is 12.8. The van der Waals surface area contributed by atoms with E-state index in [1.807, 2.05) is 6.07 Å². The molecule has 28 heavy (non-hydrogen) atoms. The summed E-state index contributed by atoms with van der Waals surface area (Å²) in [5, 5.41) is 8.07. The average molecular weight is 386 g/mol. The Labute approximate surface area is 160 Å². The van der Waals surface area contributed by atoms with Crippen molar-refractivity contribution < 1.29 is 18.3 Å². The third-order valence-corrected chi connectivity index (χ3v) is 4.91. The number of nitrogens with one attached hydrogen (secondary N) is 1. The van der Waals surface area contributed by atoms with Crippen molar-refractivity contribution in [3.63, 3.8) is 0 Å². The summed E-state index contributed by atoms with van der Waals surface area (Å²) in [6.07, 6.45) is 1.79. The van der Waals surface area contributed by atoms with E-state index in [-0.39, 0.29) is 17.2 Å². The van der Waals surface area contributed by atoms with Crippen LogP contribution in [0.15, 0.2) is 48.7 Å².